The van der Waals surface area contributed by atoms with Crippen molar-refractivity contribution >= 4 is 17.9 Å². The predicted molar refractivity (Wildman–Crippen MR) is 108 cm³/mol. The van der Waals surface area contributed by atoms with Gasteiger partial charge in [-0.25, -0.2) is 0 Å². The van der Waals surface area contributed by atoms with Gasteiger partial charge in [0.15, 0.2) is 0 Å². The third-order valence-corrected chi connectivity index (χ3v) is 4.13. The summed E-state index contributed by atoms with van der Waals surface area (Å²) in [6.07, 6.45) is 3.53. The molecule has 0 aliphatic carbocycles. The van der Waals surface area contributed by atoms with Gasteiger partial charge in [0, 0.05) is 12.1 Å². The molecule has 0 heterocycles. The number of unbranched alkanes of at least 4 members (excludes halogenated alkanes) is 1. The highest BCUT2D eigenvalue weighted by molar-refractivity contribution is 6.05. The number of rotatable bonds is 8. The maximum atomic E-state index is 12.6. The third-order valence-electron chi connectivity index (χ3n) is 4.13. The molecule has 2 aromatic carbocycles. The van der Waals surface area contributed by atoms with Gasteiger partial charge in [0.2, 0.25) is 0 Å². The van der Waals surface area contributed by atoms with Crippen molar-refractivity contribution in [2.45, 2.75) is 26.7 Å². The molecule has 0 unspecified atom stereocenters. The van der Waals surface area contributed by atoms with Crippen LogP contribution in [0.15, 0.2) is 54.2 Å². The summed E-state index contributed by atoms with van der Waals surface area (Å²) in [5, 5.41) is 5.61. The molecule has 0 radical (unpaired) electrons. The minimum Gasteiger partial charge on any atom is -0.497 e. The summed E-state index contributed by atoms with van der Waals surface area (Å²) in [4.78, 5) is 25.2. The Bertz CT molecular complexity index is 811. The maximum Gasteiger partial charge on any atom is 0.267 e. The standard InChI is InChI=1S/C22H26N2O3/c1-4-5-14-23-22(26)20(15-17-10-12-18(27-3)13-11-17)24-21(25)19-9-7-6-8-16(19)2/h6-13,15H,4-5,14H2,1-3H3,(H,23,26)(H,24,25)/b20-15-. The first kappa shape index (κ1) is 20.2. The molecule has 5 heteroatoms. The Morgan fingerprint density at radius 1 is 1.07 bits per heavy atom. The number of nitrogens with one attached hydrogen (secondary N) is 2. The van der Waals surface area contributed by atoms with E-state index in [1.54, 1.807) is 25.3 Å². The van der Waals surface area contributed by atoms with E-state index in [1.165, 1.54) is 0 Å². The highest BCUT2D eigenvalue weighted by Gasteiger charge is 2.15. The number of hydrogen-bond acceptors (Lipinski definition) is 3. The van der Waals surface area contributed by atoms with Crippen molar-refractivity contribution in [2.75, 3.05) is 13.7 Å². The number of benzene rings is 2. The summed E-state index contributed by atoms with van der Waals surface area (Å²) in [6.45, 7) is 4.48. The molecule has 2 rings (SSSR count). The summed E-state index contributed by atoms with van der Waals surface area (Å²) >= 11 is 0. The van der Waals surface area contributed by atoms with Gasteiger partial charge >= 0.3 is 0 Å². The molecule has 0 saturated heterocycles. The fourth-order valence-electron chi connectivity index (χ4n) is 2.52. The quantitative estimate of drug-likeness (QED) is 0.553. The zero-order chi connectivity index (χ0) is 19.6. The summed E-state index contributed by atoms with van der Waals surface area (Å²) in [7, 11) is 1.60. The summed E-state index contributed by atoms with van der Waals surface area (Å²) in [5.74, 6) is 0.116. The van der Waals surface area contributed by atoms with Crippen LogP contribution in [0, 0.1) is 6.92 Å². The Hall–Kier alpha value is -3.08. The SMILES string of the molecule is CCCCNC(=O)/C(=C/c1ccc(OC)cc1)NC(=O)c1ccccc1C. The van der Waals surface area contributed by atoms with E-state index in [2.05, 4.69) is 17.6 Å². The van der Waals surface area contributed by atoms with Crippen LogP contribution in [-0.4, -0.2) is 25.5 Å². The summed E-state index contributed by atoms with van der Waals surface area (Å²) < 4.78 is 5.15. The molecule has 0 aliphatic heterocycles. The van der Waals surface area contributed by atoms with Crippen LogP contribution in [0.4, 0.5) is 0 Å². The fourth-order valence-corrected chi connectivity index (χ4v) is 2.52. The lowest BCUT2D eigenvalue weighted by molar-refractivity contribution is -0.117. The average molecular weight is 366 g/mol. The van der Waals surface area contributed by atoms with Crippen LogP contribution in [-0.2, 0) is 4.79 Å². The first-order chi connectivity index (χ1) is 13.0. The van der Waals surface area contributed by atoms with Gasteiger partial charge in [0.1, 0.15) is 11.4 Å². The highest BCUT2D eigenvalue weighted by atomic mass is 16.5. The molecule has 0 saturated carbocycles. The second kappa shape index (κ2) is 10.2. The second-order valence-electron chi connectivity index (χ2n) is 6.21. The number of carbonyl (C=O) groups excluding carboxylic acids is 2. The van der Waals surface area contributed by atoms with E-state index in [0.717, 1.165) is 29.7 Å². The molecule has 2 amide bonds. The molecule has 0 spiro atoms. The Labute approximate surface area is 160 Å². The van der Waals surface area contributed by atoms with E-state index in [9.17, 15) is 9.59 Å². The van der Waals surface area contributed by atoms with Crippen LogP contribution < -0.4 is 15.4 Å². The molecule has 142 valence electrons. The van der Waals surface area contributed by atoms with Gasteiger partial charge in [-0.1, -0.05) is 43.7 Å². The van der Waals surface area contributed by atoms with Crippen LogP contribution in [0.3, 0.4) is 0 Å². The molecule has 0 aromatic heterocycles. The first-order valence-electron chi connectivity index (χ1n) is 9.06. The predicted octanol–water partition coefficient (Wildman–Crippen LogP) is 3.69. The summed E-state index contributed by atoms with van der Waals surface area (Å²) in [5.41, 5.74) is 2.40. The van der Waals surface area contributed by atoms with Crippen LogP contribution in [0.5, 0.6) is 5.75 Å². The van der Waals surface area contributed by atoms with Crippen molar-refractivity contribution in [3.63, 3.8) is 0 Å². The number of amides is 2. The zero-order valence-corrected chi connectivity index (χ0v) is 16.0. The maximum absolute atomic E-state index is 12.6. The van der Waals surface area contributed by atoms with Gasteiger partial charge < -0.3 is 15.4 Å². The molecule has 0 aliphatic rings. The first-order valence-corrected chi connectivity index (χ1v) is 9.06. The smallest absolute Gasteiger partial charge is 0.267 e. The van der Waals surface area contributed by atoms with Crippen molar-refractivity contribution in [3.8, 4) is 5.75 Å². The Morgan fingerprint density at radius 3 is 2.41 bits per heavy atom. The average Bonchev–Trinajstić information content (AvgIpc) is 2.68. The van der Waals surface area contributed by atoms with E-state index in [4.69, 9.17) is 4.74 Å². The normalized spacial score (nSPS) is 11.0. The van der Waals surface area contributed by atoms with Gasteiger partial charge in [-0.2, -0.15) is 0 Å². The van der Waals surface area contributed by atoms with Crippen molar-refractivity contribution < 1.29 is 14.3 Å². The fraction of sp³-hybridized carbons (Fsp3) is 0.273. The number of carbonyl (C=O) groups is 2. The highest BCUT2D eigenvalue weighted by Crippen LogP contribution is 2.14. The monoisotopic (exact) mass is 366 g/mol. The Kier molecular flexibility index (Phi) is 7.62. The Balaban J connectivity index is 2.25. The van der Waals surface area contributed by atoms with E-state index < -0.39 is 0 Å². The lowest BCUT2D eigenvalue weighted by atomic mass is 10.1. The third kappa shape index (κ3) is 5.99. The minimum atomic E-state index is -0.307. The van der Waals surface area contributed by atoms with Crippen LogP contribution in [0.2, 0.25) is 0 Å². The van der Waals surface area contributed by atoms with Gasteiger partial charge in [-0.3, -0.25) is 9.59 Å². The molecule has 2 N–H and O–H groups in total. The molecular weight excluding hydrogens is 340 g/mol. The molecule has 5 nitrogen and oxygen atoms in total. The largest absolute Gasteiger partial charge is 0.497 e. The summed E-state index contributed by atoms with van der Waals surface area (Å²) in [6, 6.07) is 14.6. The van der Waals surface area contributed by atoms with Crippen molar-refractivity contribution in [2.24, 2.45) is 0 Å². The van der Waals surface area contributed by atoms with Crippen LogP contribution >= 0.6 is 0 Å². The van der Waals surface area contributed by atoms with Crippen molar-refractivity contribution in [1.29, 1.82) is 0 Å². The number of hydrogen-bond donors (Lipinski definition) is 2. The minimum absolute atomic E-state index is 0.213. The molecule has 2 aromatic rings. The molecule has 0 bridgehead atoms. The topological polar surface area (TPSA) is 67.4 Å². The van der Waals surface area contributed by atoms with Gasteiger partial charge in [-0.05, 0) is 48.7 Å². The zero-order valence-electron chi connectivity index (χ0n) is 16.0. The molecular formula is C22H26N2O3. The van der Waals surface area contributed by atoms with E-state index in [-0.39, 0.29) is 17.5 Å². The second-order valence-corrected chi connectivity index (χ2v) is 6.21. The van der Waals surface area contributed by atoms with Gasteiger partial charge in [0.05, 0.1) is 7.11 Å². The van der Waals surface area contributed by atoms with Crippen LogP contribution in [0.1, 0.15) is 41.3 Å². The van der Waals surface area contributed by atoms with E-state index in [0.29, 0.717) is 12.1 Å². The molecule has 0 atom stereocenters. The number of aryl methyl sites for hydroxylation is 1. The Morgan fingerprint density at radius 2 is 1.78 bits per heavy atom. The van der Waals surface area contributed by atoms with Crippen molar-refractivity contribution in [3.05, 3.63) is 70.9 Å². The van der Waals surface area contributed by atoms with E-state index >= 15 is 0 Å². The number of methoxy groups -OCH3 is 1. The van der Waals surface area contributed by atoms with Crippen molar-refractivity contribution in [1.82, 2.24) is 10.6 Å². The number of ether oxygens (including phenoxy) is 1. The molecule has 27 heavy (non-hydrogen) atoms. The van der Waals surface area contributed by atoms with Crippen LogP contribution in [0.25, 0.3) is 6.08 Å². The van der Waals surface area contributed by atoms with E-state index in [1.807, 2.05) is 43.3 Å². The molecule has 0 fully saturated rings. The lowest BCUT2D eigenvalue weighted by Crippen LogP contribution is -2.35. The van der Waals surface area contributed by atoms with Gasteiger partial charge in [-0.15, -0.1) is 0 Å². The van der Waals surface area contributed by atoms with Gasteiger partial charge in [0.25, 0.3) is 11.8 Å². The lowest BCUT2D eigenvalue weighted by Gasteiger charge is -2.12.